The van der Waals surface area contributed by atoms with Crippen molar-refractivity contribution < 1.29 is 13.2 Å². The van der Waals surface area contributed by atoms with Crippen molar-refractivity contribution in [3.8, 4) is 0 Å². The lowest BCUT2D eigenvalue weighted by Gasteiger charge is -2.30. The van der Waals surface area contributed by atoms with Gasteiger partial charge in [0.25, 0.3) is 5.91 Å². The largest absolute Gasteiger partial charge is 0.354 e. The van der Waals surface area contributed by atoms with Crippen LogP contribution in [0.1, 0.15) is 49.3 Å². The third kappa shape index (κ3) is 5.72. The van der Waals surface area contributed by atoms with Gasteiger partial charge in [-0.3, -0.25) is 14.4 Å². The molecule has 2 fully saturated rings. The second-order valence-electron chi connectivity index (χ2n) is 11.0. The smallest absolute Gasteiger partial charge is 0.258 e. The maximum atomic E-state index is 13.3. The Bertz CT molecular complexity index is 1510. The lowest BCUT2D eigenvalue weighted by molar-refractivity contribution is -0.110. The molecule has 0 unspecified atom stereocenters. The van der Waals surface area contributed by atoms with Crippen LogP contribution in [-0.2, 0) is 21.4 Å². The second-order valence-corrected chi connectivity index (χ2v) is 12.9. The predicted octanol–water partition coefficient (Wildman–Crippen LogP) is 5.76. The Morgan fingerprint density at radius 3 is 2.31 bits per heavy atom. The molecule has 3 N–H and O–H groups in total. The van der Waals surface area contributed by atoms with E-state index < -0.39 is 10.0 Å². The Morgan fingerprint density at radius 2 is 1.62 bits per heavy atom. The molecule has 1 saturated carbocycles. The molecule has 1 amide bonds. The van der Waals surface area contributed by atoms with Gasteiger partial charge in [0.15, 0.2) is 0 Å². The van der Waals surface area contributed by atoms with E-state index in [0.717, 1.165) is 36.8 Å². The van der Waals surface area contributed by atoms with Gasteiger partial charge >= 0.3 is 0 Å². The highest BCUT2D eigenvalue weighted by atomic mass is 32.2. The average molecular weight is 543 g/mol. The number of nitrogens with zero attached hydrogens (tertiary/aromatic N) is 1. The van der Waals surface area contributed by atoms with Gasteiger partial charge in [0.1, 0.15) is 0 Å². The third-order valence-corrected chi connectivity index (χ3v) is 9.67. The summed E-state index contributed by atoms with van der Waals surface area (Å²) in [5, 5.41) is 6.12. The molecule has 2 aliphatic heterocycles. The molecule has 3 aliphatic rings. The summed E-state index contributed by atoms with van der Waals surface area (Å²) in [6.45, 7) is 5.54. The maximum Gasteiger partial charge on any atom is 0.258 e. The van der Waals surface area contributed by atoms with Crippen LogP contribution < -0.4 is 15.4 Å². The number of benzene rings is 3. The minimum Gasteiger partial charge on any atom is -0.354 e. The number of likely N-dealkylation sites (tertiary alicyclic amines) is 1. The monoisotopic (exact) mass is 542 g/mol. The SMILES string of the molecule is CC1CCN(Cc2ccc(N/C(=C3/C(=O)Nc4ccc(NS(=O)(=O)C5CC5)cc43)c3ccccc3)cc2)CC1. The summed E-state index contributed by atoms with van der Waals surface area (Å²) >= 11 is 0. The molecule has 0 radical (unpaired) electrons. The molecule has 0 aromatic heterocycles. The zero-order valence-electron chi connectivity index (χ0n) is 22.1. The number of carbonyl (C=O) groups excluding carboxylic acids is 1. The van der Waals surface area contributed by atoms with Crippen LogP contribution in [-0.4, -0.2) is 37.6 Å². The summed E-state index contributed by atoms with van der Waals surface area (Å²) in [5.41, 5.74) is 5.94. The van der Waals surface area contributed by atoms with Crippen LogP contribution in [0.25, 0.3) is 11.3 Å². The first-order valence-electron chi connectivity index (χ1n) is 13.7. The quantitative estimate of drug-likeness (QED) is 0.315. The fourth-order valence-corrected chi connectivity index (χ4v) is 6.68. The predicted molar refractivity (Wildman–Crippen MR) is 158 cm³/mol. The Kier molecular flexibility index (Phi) is 6.91. The van der Waals surface area contributed by atoms with Crippen LogP contribution in [0, 0.1) is 5.92 Å². The standard InChI is InChI=1S/C31H34N4O3S/c1-21-15-17-35(18-16-21)20-22-7-9-24(10-8-22)32-30(23-5-3-2-4-6-23)29-27-19-25(11-14-28(27)33-31(29)36)34-39(37,38)26-12-13-26/h2-11,14,19,21,26,32,34H,12-13,15-18,20H2,1H3,(H,33,36)/b30-29+. The van der Waals surface area contributed by atoms with E-state index in [0.29, 0.717) is 41.1 Å². The lowest BCUT2D eigenvalue weighted by atomic mass is 9.98. The van der Waals surface area contributed by atoms with E-state index in [1.165, 1.54) is 18.4 Å². The van der Waals surface area contributed by atoms with Gasteiger partial charge in [-0.05, 0) is 86.1 Å². The van der Waals surface area contributed by atoms with Gasteiger partial charge in [-0.2, -0.15) is 0 Å². The van der Waals surface area contributed by atoms with Crippen molar-refractivity contribution in [3.05, 3.63) is 89.5 Å². The molecule has 39 heavy (non-hydrogen) atoms. The van der Waals surface area contributed by atoms with Gasteiger partial charge in [-0.1, -0.05) is 49.4 Å². The zero-order chi connectivity index (χ0) is 27.0. The molecule has 0 spiro atoms. The fraction of sp³-hybridized carbons (Fsp3) is 0.323. The number of hydrogen-bond acceptors (Lipinski definition) is 5. The highest BCUT2D eigenvalue weighted by Gasteiger charge is 2.36. The maximum absolute atomic E-state index is 13.3. The van der Waals surface area contributed by atoms with Crippen molar-refractivity contribution in [2.45, 2.75) is 44.4 Å². The van der Waals surface area contributed by atoms with Crippen LogP contribution in [0.5, 0.6) is 0 Å². The number of sulfonamides is 1. The van der Waals surface area contributed by atoms with Crippen molar-refractivity contribution in [1.82, 2.24) is 4.90 Å². The molecular formula is C31H34N4O3S. The normalized spacial score (nSPS) is 19.4. The van der Waals surface area contributed by atoms with E-state index in [2.05, 4.69) is 51.4 Å². The Balaban J connectivity index is 1.31. The topological polar surface area (TPSA) is 90.5 Å². The molecule has 3 aromatic rings. The van der Waals surface area contributed by atoms with Crippen molar-refractivity contribution in [2.24, 2.45) is 5.92 Å². The summed E-state index contributed by atoms with van der Waals surface area (Å²) in [5.74, 6) is 0.583. The number of carbonyl (C=O) groups is 1. The molecule has 7 nitrogen and oxygen atoms in total. The first-order valence-corrected chi connectivity index (χ1v) is 15.3. The molecule has 6 rings (SSSR count). The molecule has 1 aliphatic carbocycles. The summed E-state index contributed by atoms with van der Waals surface area (Å²) < 4.78 is 27.8. The van der Waals surface area contributed by atoms with Crippen molar-refractivity contribution >= 4 is 44.3 Å². The molecule has 0 atom stereocenters. The second kappa shape index (κ2) is 10.5. The molecule has 1 saturated heterocycles. The van der Waals surface area contributed by atoms with Gasteiger partial charge in [-0.25, -0.2) is 8.42 Å². The number of piperidine rings is 1. The van der Waals surface area contributed by atoms with E-state index in [9.17, 15) is 13.2 Å². The summed E-state index contributed by atoms with van der Waals surface area (Å²) in [6.07, 6.45) is 3.87. The van der Waals surface area contributed by atoms with Gasteiger partial charge < -0.3 is 10.6 Å². The van der Waals surface area contributed by atoms with E-state index in [4.69, 9.17) is 0 Å². The molecule has 0 bridgehead atoms. The van der Waals surface area contributed by atoms with E-state index in [-0.39, 0.29) is 11.2 Å². The van der Waals surface area contributed by atoms with Gasteiger partial charge in [-0.15, -0.1) is 0 Å². The number of anilines is 3. The van der Waals surface area contributed by atoms with Crippen molar-refractivity contribution in [3.63, 3.8) is 0 Å². The number of nitrogens with one attached hydrogen (secondary N) is 3. The van der Waals surface area contributed by atoms with Crippen LogP contribution in [0.4, 0.5) is 17.1 Å². The molecular weight excluding hydrogens is 508 g/mol. The minimum atomic E-state index is -3.42. The van der Waals surface area contributed by atoms with E-state index in [1.807, 2.05) is 30.3 Å². The van der Waals surface area contributed by atoms with Gasteiger partial charge in [0, 0.05) is 29.2 Å². The zero-order valence-corrected chi connectivity index (χ0v) is 22.9. The Morgan fingerprint density at radius 1 is 0.923 bits per heavy atom. The fourth-order valence-electron chi connectivity index (χ4n) is 5.30. The molecule has 8 heteroatoms. The van der Waals surface area contributed by atoms with E-state index in [1.54, 1.807) is 18.2 Å². The number of rotatable bonds is 8. The first-order chi connectivity index (χ1) is 18.9. The van der Waals surface area contributed by atoms with Crippen LogP contribution >= 0.6 is 0 Å². The number of amides is 1. The van der Waals surface area contributed by atoms with Crippen LogP contribution in [0.3, 0.4) is 0 Å². The van der Waals surface area contributed by atoms with Gasteiger partial charge in [0.05, 0.1) is 16.5 Å². The summed E-state index contributed by atoms with van der Waals surface area (Å²) in [4.78, 5) is 15.8. The Labute approximate surface area is 230 Å². The highest BCUT2D eigenvalue weighted by Crippen LogP contribution is 2.40. The van der Waals surface area contributed by atoms with Gasteiger partial charge in [0.2, 0.25) is 10.0 Å². The Hall–Kier alpha value is -3.62. The van der Waals surface area contributed by atoms with Crippen LogP contribution in [0.2, 0.25) is 0 Å². The molecule has 202 valence electrons. The molecule has 2 heterocycles. The summed E-state index contributed by atoms with van der Waals surface area (Å²) in [6, 6.07) is 23.3. The lowest BCUT2D eigenvalue weighted by Crippen LogP contribution is -2.32. The van der Waals surface area contributed by atoms with Crippen LogP contribution in [0.15, 0.2) is 72.8 Å². The number of fused-ring (bicyclic) bond motifs is 1. The minimum absolute atomic E-state index is 0.227. The third-order valence-electron chi connectivity index (χ3n) is 7.81. The van der Waals surface area contributed by atoms with E-state index >= 15 is 0 Å². The number of hydrogen-bond donors (Lipinski definition) is 3. The van der Waals surface area contributed by atoms with Crippen molar-refractivity contribution in [1.29, 1.82) is 0 Å². The molecule has 3 aromatic carbocycles. The summed E-state index contributed by atoms with van der Waals surface area (Å²) in [7, 11) is -3.42. The first kappa shape index (κ1) is 25.6. The average Bonchev–Trinajstić information content (AvgIpc) is 3.75. The van der Waals surface area contributed by atoms with Crippen molar-refractivity contribution in [2.75, 3.05) is 28.4 Å². The highest BCUT2D eigenvalue weighted by molar-refractivity contribution is 7.93.